The summed E-state index contributed by atoms with van der Waals surface area (Å²) in [6.45, 7) is 4.07. The summed E-state index contributed by atoms with van der Waals surface area (Å²) in [6, 6.07) is 11.2. The largest absolute Gasteiger partial charge is 0.492 e. The first-order valence-electron chi connectivity index (χ1n) is 7.36. The molecule has 4 heteroatoms. The topological polar surface area (TPSA) is 29.5 Å². The van der Waals surface area contributed by atoms with Crippen LogP contribution in [0.3, 0.4) is 0 Å². The maximum Gasteiger partial charge on any atom is 0.202 e. The Labute approximate surface area is 129 Å². The van der Waals surface area contributed by atoms with Gasteiger partial charge in [-0.2, -0.15) is 0 Å². The van der Waals surface area contributed by atoms with Crippen LogP contribution in [0.4, 0.5) is 0 Å². The van der Waals surface area contributed by atoms with Crippen molar-refractivity contribution in [3.63, 3.8) is 0 Å². The van der Waals surface area contributed by atoms with E-state index in [9.17, 15) is 4.79 Å². The molecule has 0 spiro atoms. The second kappa shape index (κ2) is 6.87. The average molecular weight is 301 g/mol. The van der Waals surface area contributed by atoms with E-state index < -0.39 is 0 Å². The predicted molar refractivity (Wildman–Crippen MR) is 85.4 cm³/mol. The molecule has 0 N–H and O–H groups in total. The van der Waals surface area contributed by atoms with Gasteiger partial charge in [0.1, 0.15) is 12.4 Å². The van der Waals surface area contributed by atoms with Gasteiger partial charge in [0.2, 0.25) is 5.78 Å². The first kappa shape index (κ1) is 14.3. The lowest BCUT2D eigenvalue weighted by atomic mass is 10.1. The molecule has 0 saturated carbocycles. The van der Waals surface area contributed by atoms with Crippen LogP contribution in [0.5, 0.6) is 5.75 Å². The molecule has 1 aromatic heterocycles. The summed E-state index contributed by atoms with van der Waals surface area (Å²) in [6.07, 6.45) is 2.61. The Bertz CT molecular complexity index is 571. The summed E-state index contributed by atoms with van der Waals surface area (Å²) in [5, 5.41) is 1.92. The van der Waals surface area contributed by atoms with Crippen LogP contribution in [0.1, 0.15) is 28.1 Å². The molecule has 1 saturated heterocycles. The van der Waals surface area contributed by atoms with Crippen molar-refractivity contribution in [2.24, 2.45) is 0 Å². The SMILES string of the molecule is O=C(c1ccc(OCCN2CCCC2)cc1)c1cccs1. The smallest absolute Gasteiger partial charge is 0.202 e. The Morgan fingerprint density at radius 2 is 1.90 bits per heavy atom. The van der Waals surface area contributed by atoms with Crippen molar-refractivity contribution in [3.05, 3.63) is 52.2 Å². The Morgan fingerprint density at radius 1 is 1.14 bits per heavy atom. The number of likely N-dealkylation sites (tertiary alicyclic amines) is 1. The highest BCUT2D eigenvalue weighted by Crippen LogP contribution is 2.18. The molecule has 0 amide bonds. The van der Waals surface area contributed by atoms with Gasteiger partial charge in [-0.1, -0.05) is 6.07 Å². The Balaban J connectivity index is 1.53. The van der Waals surface area contributed by atoms with Crippen LogP contribution in [-0.2, 0) is 0 Å². The number of rotatable bonds is 6. The van der Waals surface area contributed by atoms with Crippen LogP contribution in [-0.4, -0.2) is 36.9 Å². The van der Waals surface area contributed by atoms with E-state index in [1.807, 2.05) is 41.8 Å². The molecule has 2 heterocycles. The minimum absolute atomic E-state index is 0.0774. The summed E-state index contributed by atoms with van der Waals surface area (Å²) in [5.74, 6) is 0.908. The molecule has 0 radical (unpaired) electrons. The maximum atomic E-state index is 12.2. The fourth-order valence-corrected chi connectivity index (χ4v) is 3.24. The standard InChI is InChI=1S/C17H19NO2S/c19-17(16-4-3-13-21-16)14-5-7-15(8-6-14)20-12-11-18-9-1-2-10-18/h3-8,13H,1-2,9-12H2. The number of carbonyl (C=O) groups excluding carboxylic acids is 1. The lowest BCUT2D eigenvalue weighted by Crippen LogP contribution is -2.25. The van der Waals surface area contributed by atoms with Gasteiger partial charge >= 0.3 is 0 Å². The zero-order valence-electron chi connectivity index (χ0n) is 12.0. The summed E-state index contributed by atoms with van der Waals surface area (Å²) >= 11 is 1.47. The van der Waals surface area contributed by atoms with Gasteiger partial charge in [0.15, 0.2) is 0 Å². The molecule has 3 rings (SSSR count). The zero-order valence-corrected chi connectivity index (χ0v) is 12.8. The average Bonchev–Trinajstić information content (AvgIpc) is 3.21. The number of thiophene rings is 1. The number of hydrogen-bond donors (Lipinski definition) is 0. The summed E-state index contributed by atoms with van der Waals surface area (Å²) in [4.78, 5) is 15.4. The number of hydrogen-bond acceptors (Lipinski definition) is 4. The van der Waals surface area contributed by atoms with E-state index >= 15 is 0 Å². The molecule has 0 bridgehead atoms. The third-order valence-electron chi connectivity index (χ3n) is 3.74. The van der Waals surface area contributed by atoms with E-state index in [4.69, 9.17) is 4.74 Å². The van der Waals surface area contributed by atoms with Crippen molar-refractivity contribution in [2.45, 2.75) is 12.8 Å². The van der Waals surface area contributed by atoms with Gasteiger partial charge < -0.3 is 4.74 Å². The van der Waals surface area contributed by atoms with E-state index in [0.29, 0.717) is 12.2 Å². The Morgan fingerprint density at radius 3 is 2.57 bits per heavy atom. The van der Waals surface area contributed by atoms with Crippen molar-refractivity contribution >= 4 is 17.1 Å². The van der Waals surface area contributed by atoms with Crippen molar-refractivity contribution in [1.29, 1.82) is 0 Å². The molecule has 0 unspecified atom stereocenters. The number of benzene rings is 1. The van der Waals surface area contributed by atoms with E-state index in [0.717, 1.165) is 17.2 Å². The quantitative estimate of drug-likeness (QED) is 0.765. The van der Waals surface area contributed by atoms with Crippen LogP contribution < -0.4 is 4.74 Å². The van der Waals surface area contributed by atoms with Gasteiger partial charge in [0.25, 0.3) is 0 Å². The van der Waals surface area contributed by atoms with Crippen molar-refractivity contribution < 1.29 is 9.53 Å². The van der Waals surface area contributed by atoms with Crippen LogP contribution in [0, 0.1) is 0 Å². The zero-order chi connectivity index (χ0) is 14.5. The van der Waals surface area contributed by atoms with Crippen molar-refractivity contribution in [3.8, 4) is 5.75 Å². The first-order chi connectivity index (χ1) is 10.3. The van der Waals surface area contributed by atoms with E-state index in [1.165, 1.54) is 37.3 Å². The molecule has 1 aromatic carbocycles. The predicted octanol–water partition coefficient (Wildman–Crippen LogP) is 3.45. The minimum atomic E-state index is 0.0774. The fourth-order valence-electron chi connectivity index (χ4n) is 2.55. The maximum absolute atomic E-state index is 12.2. The van der Waals surface area contributed by atoms with Gasteiger partial charge in [-0.25, -0.2) is 0 Å². The van der Waals surface area contributed by atoms with E-state index in [2.05, 4.69) is 4.90 Å². The number of carbonyl (C=O) groups is 1. The first-order valence-corrected chi connectivity index (χ1v) is 8.24. The van der Waals surface area contributed by atoms with Crippen molar-refractivity contribution in [1.82, 2.24) is 4.90 Å². The third-order valence-corrected chi connectivity index (χ3v) is 4.61. The molecule has 0 aliphatic carbocycles. The summed E-state index contributed by atoms with van der Waals surface area (Å²) in [7, 11) is 0. The monoisotopic (exact) mass is 301 g/mol. The molecule has 1 fully saturated rings. The molecule has 110 valence electrons. The molecule has 1 aliphatic heterocycles. The lowest BCUT2D eigenvalue weighted by molar-refractivity contribution is 0.104. The highest BCUT2D eigenvalue weighted by molar-refractivity contribution is 7.12. The van der Waals surface area contributed by atoms with Gasteiger partial charge in [0.05, 0.1) is 4.88 Å². The Hall–Kier alpha value is -1.65. The molecule has 2 aromatic rings. The van der Waals surface area contributed by atoms with Crippen LogP contribution in [0.2, 0.25) is 0 Å². The Kier molecular flexibility index (Phi) is 4.68. The van der Waals surface area contributed by atoms with Gasteiger partial charge in [-0.05, 0) is 61.6 Å². The number of nitrogens with zero attached hydrogens (tertiary/aromatic N) is 1. The molecular formula is C17H19NO2S. The molecule has 1 aliphatic rings. The van der Waals surface area contributed by atoms with Gasteiger partial charge in [-0.15, -0.1) is 11.3 Å². The second-order valence-corrected chi connectivity index (χ2v) is 6.18. The van der Waals surface area contributed by atoms with Crippen molar-refractivity contribution in [2.75, 3.05) is 26.2 Å². The minimum Gasteiger partial charge on any atom is -0.492 e. The molecular weight excluding hydrogens is 282 g/mol. The normalized spacial score (nSPS) is 15.2. The number of ketones is 1. The lowest BCUT2D eigenvalue weighted by Gasteiger charge is -2.14. The fraction of sp³-hybridized carbons (Fsp3) is 0.353. The van der Waals surface area contributed by atoms with Crippen LogP contribution >= 0.6 is 11.3 Å². The van der Waals surface area contributed by atoms with E-state index in [-0.39, 0.29) is 5.78 Å². The van der Waals surface area contributed by atoms with Gasteiger partial charge in [-0.3, -0.25) is 9.69 Å². The second-order valence-electron chi connectivity index (χ2n) is 5.23. The molecule has 21 heavy (non-hydrogen) atoms. The van der Waals surface area contributed by atoms with E-state index in [1.54, 1.807) is 0 Å². The summed E-state index contributed by atoms with van der Waals surface area (Å²) < 4.78 is 5.74. The highest BCUT2D eigenvalue weighted by atomic mass is 32.1. The summed E-state index contributed by atoms with van der Waals surface area (Å²) in [5.41, 5.74) is 0.712. The van der Waals surface area contributed by atoms with Crippen LogP contribution in [0.15, 0.2) is 41.8 Å². The molecule has 3 nitrogen and oxygen atoms in total. The highest BCUT2D eigenvalue weighted by Gasteiger charge is 2.11. The van der Waals surface area contributed by atoms with Gasteiger partial charge in [0, 0.05) is 12.1 Å². The third kappa shape index (κ3) is 3.71. The van der Waals surface area contributed by atoms with Crippen LogP contribution in [0.25, 0.3) is 0 Å². The number of ether oxygens (including phenoxy) is 1. The molecule has 0 atom stereocenters.